The van der Waals surface area contributed by atoms with Gasteiger partial charge in [0, 0.05) is 5.92 Å². The molecule has 0 aromatic heterocycles. The summed E-state index contributed by atoms with van der Waals surface area (Å²) in [5.41, 5.74) is 6.68. The van der Waals surface area contributed by atoms with Gasteiger partial charge in [-0.1, -0.05) is 30.3 Å². The predicted molar refractivity (Wildman–Crippen MR) is 58.0 cm³/mol. The van der Waals surface area contributed by atoms with Crippen molar-refractivity contribution >= 4 is 5.78 Å². The normalized spacial score (nSPS) is 12.4. The highest BCUT2D eigenvalue weighted by molar-refractivity contribution is 5.78. The molecule has 1 atom stereocenters. The number of hydrogen-bond donors (Lipinski definition) is 1. The fraction of sp³-hybridized carbons (Fsp3) is 0.417. The third kappa shape index (κ3) is 3.30. The molecule has 0 fully saturated rings. The first-order valence-electron chi connectivity index (χ1n) is 4.98. The second-order valence-corrected chi connectivity index (χ2v) is 3.57. The minimum absolute atomic E-state index is 0.0856. The number of Topliss-reactive ketones (excluding diaryl/α,β-unsaturated/α-hetero) is 1. The number of nitrogens with two attached hydrogens (primary N) is 1. The second kappa shape index (κ2) is 5.55. The van der Waals surface area contributed by atoms with Crippen molar-refractivity contribution in [3.8, 4) is 0 Å². The van der Waals surface area contributed by atoms with E-state index >= 15 is 0 Å². The third-order valence-corrected chi connectivity index (χ3v) is 2.41. The average molecular weight is 191 g/mol. The first-order valence-corrected chi connectivity index (χ1v) is 4.98. The zero-order valence-electron chi connectivity index (χ0n) is 8.57. The Morgan fingerprint density at radius 2 is 2.00 bits per heavy atom. The quantitative estimate of drug-likeness (QED) is 0.771. The topological polar surface area (TPSA) is 43.1 Å². The summed E-state index contributed by atoms with van der Waals surface area (Å²) in [7, 11) is 0. The molecule has 14 heavy (non-hydrogen) atoms. The molecule has 0 heterocycles. The van der Waals surface area contributed by atoms with Gasteiger partial charge in [-0.15, -0.1) is 0 Å². The van der Waals surface area contributed by atoms with Crippen LogP contribution in [0.25, 0.3) is 0 Å². The highest BCUT2D eigenvalue weighted by atomic mass is 16.1. The van der Waals surface area contributed by atoms with Gasteiger partial charge in [0.15, 0.2) is 0 Å². The van der Waals surface area contributed by atoms with E-state index in [1.165, 1.54) is 5.56 Å². The number of benzene rings is 1. The highest BCUT2D eigenvalue weighted by Crippen LogP contribution is 2.12. The maximum Gasteiger partial charge on any atom is 0.133 e. The summed E-state index contributed by atoms with van der Waals surface area (Å²) >= 11 is 0. The lowest BCUT2D eigenvalue weighted by atomic mass is 9.93. The van der Waals surface area contributed by atoms with Crippen LogP contribution < -0.4 is 5.73 Å². The molecule has 0 aliphatic carbocycles. The molecule has 0 aliphatic rings. The van der Waals surface area contributed by atoms with Gasteiger partial charge in [-0.2, -0.15) is 0 Å². The molecular formula is C12H17NO. The van der Waals surface area contributed by atoms with Gasteiger partial charge in [0.2, 0.25) is 0 Å². The highest BCUT2D eigenvalue weighted by Gasteiger charge is 2.13. The lowest BCUT2D eigenvalue weighted by molar-refractivity contribution is -0.120. The standard InChI is InChI=1S/C12H17NO/c1-10(14)12(7-8-13)9-11-5-3-2-4-6-11/h2-6,12H,7-9,13H2,1H3. The van der Waals surface area contributed by atoms with E-state index in [1.54, 1.807) is 6.92 Å². The first-order chi connectivity index (χ1) is 6.74. The van der Waals surface area contributed by atoms with Crippen LogP contribution in [0.3, 0.4) is 0 Å². The first kappa shape index (κ1) is 10.9. The molecule has 0 spiro atoms. The molecular weight excluding hydrogens is 174 g/mol. The molecule has 0 radical (unpaired) electrons. The van der Waals surface area contributed by atoms with Crippen LogP contribution in [0.4, 0.5) is 0 Å². The van der Waals surface area contributed by atoms with Crippen molar-refractivity contribution in [1.29, 1.82) is 0 Å². The molecule has 1 unspecified atom stereocenters. The zero-order valence-corrected chi connectivity index (χ0v) is 8.57. The number of hydrogen-bond acceptors (Lipinski definition) is 2. The van der Waals surface area contributed by atoms with Crippen molar-refractivity contribution in [3.05, 3.63) is 35.9 Å². The Bertz CT molecular complexity index is 282. The largest absolute Gasteiger partial charge is 0.330 e. The fourth-order valence-corrected chi connectivity index (χ4v) is 1.55. The van der Waals surface area contributed by atoms with Crippen molar-refractivity contribution < 1.29 is 4.79 Å². The van der Waals surface area contributed by atoms with Gasteiger partial charge in [-0.05, 0) is 31.9 Å². The van der Waals surface area contributed by atoms with Gasteiger partial charge in [-0.25, -0.2) is 0 Å². The molecule has 0 aliphatic heterocycles. The van der Waals surface area contributed by atoms with E-state index in [4.69, 9.17) is 5.73 Å². The minimum atomic E-state index is 0.0856. The van der Waals surface area contributed by atoms with E-state index in [1.807, 2.05) is 30.3 Å². The minimum Gasteiger partial charge on any atom is -0.330 e. The summed E-state index contributed by atoms with van der Waals surface area (Å²) in [4.78, 5) is 11.3. The summed E-state index contributed by atoms with van der Waals surface area (Å²) in [6, 6.07) is 10.1. The molecule has 2 heteroatoms. The van der Waals surface area contributed by atoms with Crippen LogP contribution in [0.5, 0.6) is 0 Å². The lowest BCUT2D eigenvalue weighted by Gasteiger charge is -2.12. The van der Waals surface area contributed by atoms with Crippen LogP contribution in [-0.4, -0.2) is 12.3 Å². The maximum absolute atomic E-state index is 11.3. The summed E-state index contributed by atoms with van der Waals surface area (Å²) in [5.74, 6) is 0.321. The van der Waals surface area contributed by atoms with Gasteiger partial charge >= 0.3 is 0 Å². The molecule has 0 saturated heterocycles. The third-order valence-electron chi connectivity index (χ3n) is 2.41. The number of ketones is 1. The van der Waals surface area contributed by atoms with Gasteiger partial charge in [0.25, 0.3) is 0 Å². The van der Waals surface area contributed by atoms with E-state index in [2.05, 4.69) is 0 Å². The molecule has 0 bridgehead atoms. The summed E-state index contributed by atoms with van der Waals surface area (Å²) in [6.45, 7) is 2.22. The molecule has 1 rings (SSSR count). The molecule has 2 nitrogen and oxygen atoms in total. The Kier molecular flexibility index (Phi) is 4.33. The SMILES string of the molecule is CC(=O)C(CCN)Cc1ccccc1. The Balaban J connectivity index is 2.60. The molecule has 0 saturated carbocycles. The van der Waals surface area contributed by atoms with Crippen LogP contribution in [0, 0.1) is 5.92 Å². The van der Waals surface area contributed by atoms with Crippen molar-refractivity contribution in [2.24, 2.45) is 11.7 Å². The zero-order chi connectivity index (χ0) is 10.4. The van der Waals surface area contributed by atoms with Crippen LogP contribution in [0.2, 0.25) is 0 Å². The van der Waals surface area contributed by atoms with Crippen LogP contribution >= 0.6 is 0 Å². The average Bonchev–Trinajstić information content (AvgIpc) is 2.18. The number of carbonyl (C=O) groups excluding carboxylic acids is 1. The van der Waals surface area contributed by atoms with Crippen LogP contribution in [0.15, 0.2) is 30.3 Å². The Hall–Kier alpha value is -1.15. The van der Waals surface area contributed by atoms with Gasteiger partial charge in [-0.3, -0.25) is 4.79 Å². The van der Waals surface area contributed by atoms with E-state index in [-0.39, 0.29) is 11.7 Å². The molecule has 2 N–H and O–H groups in total. The van der Waals surface area contributed by atoms with Crippen molar-refractivity contribution in [2.45, 2.75) is 19.8 Å². The number of rotatable bonds is 5. The van der Waals surface area contributed by atoms with E-state index in [0.717, 1.165) is 12.8 Å². The molecule has 1 aromatic rings. The van der Waals surface area contributed by atoms with E-state index in [0.29, 0.717) is 6.54 Å². The molecule has 76 valence electrons. The smallest absolute Gasteiger partial charge is 0.133 e. The van der Waals surface area contributed by atoms with E-state index < -0.39 is 0 Å². The Morgan fingerprint density at radius 1 is 1.36 bits per heavy atom. The van der Waals surface area contributed by atoms with Gasteiger partial charge < -0.3 is 5.73 Å². The monoisotopic (exact) mass is 191 g/mol. The fourth-order valence-electron chi connectivity index (χ4n) is 1.55. The van der Waals surface area contributed by atoms with Crippen molar-refractivity contribution in [1.82, 2.24) is 0 Å². The van der Waals surface area contributed by atoms with E-state index in [9.17, 15) is 4.79 Å². The lowest BCUT2D eigenvalue weighted by Crippen LogP contribution is -2.18. The van der Waals surface area contributed by atoms with Crippen LogP contribution in [-0.2, 0) is 11.2 Å². The maximum atomic E-state index is 11.3. The van der Waals surface area contributed by atoms with Crippen molar-refractivity contribution in [3.63, 3.8) is 0 Å². The van der Waals surface area contributed by atoms with Crippen molar-refractivity contribution in [2.75, 3.05) is 6.54 Å². The second-order valence-electron chi connectivity index (χ2n) is 3.57. The summed E-state index contributed by atoms with van der Waals surface area (Å²) < 4.78 is 0. The van der Waals surface area contributed by atoms with Crippen LogP contribution in [0.1, 0.15) is 18.9 Å². The Labute approximate surface area is 85.1 Å². The summed E-state index contributed by atoms with van der Waals surface area (Å²) in [5, 5.41) is 0. The van der Waals surface area contributed by atoms with Gasteiger partial charge in [0.05, 0.1) is 0 Å². The summed E-state index contributed by atoms with van der Waals surface area (Å²) in [6.07, 6.45) is 1.59. The number of carbonyl (C=O) groups is 1. The predicted octanol–water partition coefficient (Wildman–Crippen LogP) is 1.78. The Morgan fingerprint density at radius 3 is 2.50 bits per heavy atom. The molecule has 1 aromatic carbocycles. The van der Waals surface area contributed by atoms with Gasteiger partial charge in [0.1, 0.15) is 5.78 Å². The molecule has 0 amide bonds.